The normalized spacial score (nSPS) is 21.5. The van der Waals surface area contributed by atoms with Gasteiger partial charge in [-0.05, 0) is 44.2 Å². The largest absolute Gasteiger partial charge is 0.355 e. The zero-order chi connectivity index (χ0) is 19.8. The molecule has 2 aliphatic rings. The number of nitrogens with zero attached hydrogens (tertiary/aromatic N) is 2. The van der Waals surface area contributed by atoms with Gasteiger partial charge >= 0.3 is 0 Å². The van der Waals surface area contributed by atoms with Crippen molar-refractivity contribution in [1.29, 1.82) is 0 Å². The van der Waals surface area contributed by atoms with Crippen molar-refractivity contribution in [3.05, 3.63) is 35.9 Å². The van der Waals surface area contributed by atoms with E-state index in [0.717, 1.165) is 64.8 Å². The molecule has 0 radical (unpaired) electrons. The molecule has 6 nitrogen and oxygen atoms in total. The number of hydrogen-bond donors (Lipinski definition) is 2. The molecule has 2 aliphatic heterocycles. The molecule has 154 valence electrons. The Balaban J connectivity index is 1.42. The molecule has 0 aromatic heterocycles. The van der Waals surface area contributed by atoms with E-state index in [-0.39, 0.29) is 23.9 Å². The van der Waals surface area contributed by atoms with Crippen LogP contribution in [0.2, 0.25) is 0 Å². The van der Waals surface area contributed by atoms with Gasteiger partial charge in [-0.25, -0.2) is 0 Å². The molecular formula is C22H34N4O2. The molecule has 1 atom stereocenters. The molecule has 2 fully saturated rings. The minimum absolute atomic E-state index is 0.0157. The van der Waals surface area contributed by atoms with Crippen LogP contribution in [0.15, 0.2) is 30.3 Å². The second-order valence-corrected chi connectivity index (χ2v) is 8.02. The van der Waals surface area contributed by atoms with E-state index in [1.807, 2.05) is 6.07 Å². The molecule has 3 rings (SSSR count). The van der Waals surface area contributed by atoms with E-state index >= 15 is 0 Å². The van der Waals surface area contributed by atoms with Gasteiger partial charge in [0.25, 0.3) is 0 Å². The van der Waals surface area contributed by atoms with Gasteiger partial charge in [-0.2, -0.15) is 0 Å². The van der Waals surface area contributed by atoms with Crippen LogP contribution in [0.5, 0.6) is 0 Å². The Morgan fingerprint density at radius 3 is 2.54 bits per heavy atom. The summed E-state index contributed by atoms with van der Waals surface area (Å²) in [5, 5.41) is 6.21. The molecule has 0 bridgehead atoms. The third-order valence-electron chi connectivity index (χ3n) is 5.77. The first-order valence-electron chi connectivity index (χ1n) is 10.7. The first kappa shape index (κ1) is 20.8. The lowest BCUT2D eigenvalue weighted by Crippen LogP contribution is -2.51. The van der Waals surface area contributed by atoms with Gasteiger partial charge in [0.2, 0.25) is 11.8 Å². The fraction of sp³-hybridized carbons (Fsp3) is 0.636. The molecular weight excluding hydrogens is 352 g/mol. The summed E-state index contributed by atoms with van der Waals surface area (Å²) in [6.07, 6.45) is 4.81. The SMILES string of the molecule is CCCNC(=O)CN1CCC(NC(=O)C2CCCN2Cc2ccccc2)CC1. The topological polar surface area (TPSA) is 64.7 Å². The molecule has 1 unspecified atom stereocenters. The van der Waals surface area contributed by atoms with Crippen LogP contribution in [0.25, 0.3) is 0 Å². The third kappa shape index (κ3) is 6.04. The number of amides is 2. The first-order chi connectivity index (χ1) is 13.7. The predicted octanol–water partition coefficient (Wildman–Crippen LogP) is 1.76. The summed E-state index contributed by atoms with van der Waals surface area (Å²) in [6.45, 7) is 6.81. The number of likely N-dealkylation sites (tertiary alicyclic amines) is 2. The quantitative estimate of drug-likeness (QED) is 0.715. The van der Waals surface area contributed by atoms with Gasteiger partial charge < -0.3 is 10.6 Å². The standard InChI is InChI=1S/C22H34N4O2/c1-2-12-23-21(27)17-25-14-10-19(11-15-25)24-22(28)20-9-6-13-26(20)16-18-7-4-3-5-8-18/h3-5,7-8,19-20H,2,6,9-17H2,1H3,(H,23,27)(H,24,28). The van der Waals surface area contributed by atoms with E-state index in [1.165, 1.54) is 5.56 Å². The van der Waals surface area contributed by atoms with Crippen molar-refractivity contribution in [2.75, 3.05) is 32.7 Å². The first-order valence-corrected chi connectivity index (χ1v) is 10.7. The molecule has 2 N–H and O–H groups in total. The van der Waals surface area contributed by atoms with Crippen molar-refractivity contribution < 1.29 is 9.59 Å². The van der Waals surface area contributed by atoms with Crippen molar-refractivity contribution in [1.82, 2.24) is 20.4 Å². The van der Waals surface area contributed by atoms with Gasteiger partial charge in [0, 0.05) is 32.2 Å². The summed E-state index contributed by atoms with van der Waals surface area (Å²) in [5.74, 6) is 0.277. The predicted molar refractivity (Wildman–Crippen MR) is 111 cm³/mol. The summed E-state index contributed by atoms with van der Waals surface area (Å²) in [5.41, 5.74) is 1.26. The van der Waals surface area contributed by atoms with Gasteiger partial charge in [0.05, 0.1) is 12.6 Å². The van der Waals surface area contributed by atoms with Gasteiger partial charge in [0.15, 0.2) is 0 Å². The number of carbonyl (C=O) groups excluding carboxylic acids is 2. The fourth-order valence-corrected chi connectivity index (χ4v) is 4.19. The molecule has 1 aromatic carbocycles. The van der Waals surface area contributed by atoms with Crippen LogP contribution >= 0.6 is 0 Å². The molecule has 28 heavy (non-hydrogen) atoms. The highest BCUT2D eigenvalue weighted by Crippen LogP contribution is 2.21. The highest BCUT2D eigenvalue weighted by Gasteiger charge is 2.32. The smallest absolute Gasteiger partial charge is 0.237 e. The van der Waals surface area contributed by atoms with E-state index in [1.54, 1.807) is 0 Å². The number of benzene rings is 1. The van der Waals surface area contributed by atoms with Crippen molar-refractivity contribution in [3.8, 4) is 0 Å². The maximum atomic E-state index is 12.9. The molecule has 2 amide bonds. The zero-order valence-corrected chi connectivity index (χ0v) is 17.0. The second-order valence-electron chi connectivity index (χ2n) is 8.02. The highest BCUT2D eigenvalue weighted by molar-refractivity contribution is 5.82. The highest BCUT2D eigenvalue weighted by atomic mass is 16.2. The minimum Gasteiger partial charge on any atom is -0.355 e. The minimum atomic E-state index is -0.0157. The Kier molecular flexibility index (Phi) is 7.86. The Morgan fingerprint density at radius 2 is 1.82 bits per heavy atom. The lowest BCUT2D eigenvalue weighted by atomic mass is 10.0. The Hall–Kier alpha value is -1.92. The summed E-state index contributed by atoms with van der Waals surface area (Å²) in [4.78, 5) is 29.2. The number of rotatable bonds is 8. The molecule has 0 aliphatic carbocycles. The van der Waals surface area contributed by atoms with Crippen LogP contribution in [0.1, 0.15) is 44.6 Å². The summed E-state index contributed by atoms with van der Waals surface area (Å²) in [6, 6.07) is 10.6. The van der Waals surface area contributed by atoms with Crippen molar-refractivity contribution in [3.63, 3.8) is 0 Å². The maximum absolute atomic E-state index is 12.9. The number of hydrogen-bond acceptors (Lipinski definition) is 4. The lowest BCUT2D eigenvalue weighted by Gasteiger charge is -2.33. The maximum Gasteiger partial charge on any atom is 0.237 e. The summed E-state index contributed by atoms with van der Waals surface area (Å²) < 4.78 is 0. The van der Waals surface area contributed by atoms with E-state index in [0.29, 0.717) is 6.54 Å². The summed E-state index contributed by atoms with van der Waals surface area (Å²) in [7, 11) is 0. The molecule has 2 heterocycles. The van der Waals surface area contributed by atoms with Crippen LogP contribution in [-0.2, 0) is 16.1 Å². The van der Waals surface area contributed by atoms with Gasteiger partial charge in [-0.1, -0.05) is 37.3 Å². The number of piperidine rings is 1. The number of carbonyl (C=O) groups is 2. The average Bonchev–Trinajstić information content (AvgIpc) is 3.17. The van der Waals surface area contributed by atoms with E-state index < -0.39 is 0 Å². The lowest BCUT2D eigenvalue weighted by molar-refractivity contribution is -0.127. The van der Waals surface area contributed by atoms with E-state index in [2.05, 4.69) is 51.6 Å². The Labute approximate surface area is 168 Å². The second kappa shape index (κ2) is 10.6. The van der Waals surface area contributed by atoms with Crippen LogP contribution in [0, 0.1) is 0 Å². The van der Waals surface area contributed by atoms with Gasteiger partial charge in [0.1, 0.15) is 0 Å². The van der Waals surface area contributed by atoms with Crippen LogP contribution in [-0.4, -0.2) is 66.4 Å². The van der Waals surface area contributed by atoms with Crippen LogP contribution < -0.4 is 10.6 Å². The number of nitrogens with one attached hydrogen (secondary N) is 2. The molecule has 2 saturated heterocycles. The van der Waals surface area contributed by atoms with Crippen molar-refractivity contribution in [2.45, 2.75) is 57.7 Å². The summed E-state index contributed by atoms with van der Waals surface area (Å²) >= 11 is 0. The van der Waals surface area contributed by atoms with Crippen molar-refractivity contribution >= 4 is 11.8 Å². The van der Waals surface area contributed by atoms with E-state index in [4.69, 9.17) is 0 Å². The molecule has 1 aromatic rings. The molecule has 6 heteroatoms. The average molecular weight is 387 g/mol. The van der Waals surface area contributed by atoms with E-state index in [9.17, 15) is 9.59 Å². The van der Waals surface area contributed by atoms with Crippen molar-refractivity contribution in [2.24, 2.45) is 0 Å². The fourth-order valence-electron chi connectivity index (χ4n) is 4.19. The monoisotopic (exact) mass is 386 g/mol. The van der Waals surface area contributed by atoms with Gasteiger partial charge in [-0.3, -0.25) is 19.4 Å². The Bertz CT molecular complexity index is 629. The van der Waals surface area contributed by atoms with Crippen LogP contribution in [0.3, 0.4) is 0 Å². The zero-order valence-electron chi connectivity index (χ0n) is 17.0. The molecule has 0 saturated carbocycles. The third-order valence-corrected chi connectivity index (χ3v) is 5.77. The Morgan fingerprint density at radius 1 is 1.07 bits per heavy atom. The molecule has 0 spiro atoms. The van der Waals surface area contributed by atoms with Crippen LogP contribution in [0.4, 0.5) is 0 Å². The van der Waals surface area contributed by atoms with Gasteiger partial charge in [-0.15, -0.1) is 0 Å².